The Hall–Kier alpha value is -3.28. The molecule has 0 radical (unpaired) electrons. The Kier molecular flexibility index (Phi) is 11.0. The fourth-order valence-corrected chi connectivity index (χ4v) is 6.14. The first-order chi connectivity index (χ1) is 20.3. The van der Waals surface area contributed by atoms with Crippen molar-refractivity contribution in [2.75, 3.05) is 10.8 Å². The number of amides is 2. The predicted octanol–water partition coefficient (Wildman–Crippen LogP) is 7.24. The van der Waals surface area contributed by atoms with Gasteiger partial charge in [0.15, 0.2) is 0 Å². The molecule has 44 heavy (non-hydrogen) atoms. The number of aryl methyl sites for hydroxylation is 1. The van der Waals surface area contributed by atoms with Gasteiger partial charge >= 0.3 is 6.18 Å². The number of rotatable bonds is 10. The number of halogens is 5. The number of carbonyl (C=O) groups is 2. The van der Waals surface area contributed by atoms with Crippen molar-refractivity contribution in [1.29, 1.82) is 0 Å². The first kappa shape index (κ1) is 35.2. The Morgan fingerprint density at radius 3 is 2.11 bits per heavy atom. The fraction of sp³-hybridized carbons (Fsp3) is 0.355. The van der Waals surface area contributed by atoms with E-state index in [9.17, 15) is 31.2 Å². The van der Waals surface area contributed by atoms with Crippen LogP contribution in [0.2, 0.25) is 10.0 Å². The number of carbonyl (C=O) groups excluding carboxylic acids is 2. The van der Waals surface area contributed by atoms with Crippen molar-refractivity contribution in [2.45, 2.75) is 70.2 Å². The van der Waals surface area contributed by atoms with Crippen molar-refractivity contribution >= 4 is 50.7 Å². The van der Waals surface area contributed by atoms with Gasteiger partial charge in [0, 0.05) is 12.1 Å². The van der Waals surface area contributed by atoms with Crippen molar-refractivity contribution in [1.82, 2.24) is 10.2 Å². The van der Waals surface area contributed by atoms with E-state index in [2.05, 4.69) is 5.32 Å². The highest BCUT2D eigenvalue weighted by Gasteiger charge is 2.36. The van der Waals surface area contributed by atoms with Crippen LogP contribution in [0.3, 0.4) is 0 Å². The number of nitrogens with zero attached hydrogens (tertiary/aromatic N) is 2. The second kappa shape index (κ2) is 13.8. The largest absolute Gasteiger partial charge is 0.416 e. The molecule has 0 aliphatic rings. The summed E-state index contributed by atoms with van der Waals surface area (Å²) in [6.07, 6.45) is -4.61. The molecule has 3 aromatic carbocycles. The smallest absolute Gasteiger partial charge is 0.350 e. The highest BCUT2D eigenvalue weighted by Crippen LogP contribution is 2.33. The van der Waals surface area contributed by atoms with E-state index >= 15 is 0 Å². The molecule has 0 aromatic heterocycles. The summed E-state index contributed by atoms with van der Waals surface area (Å²) in [5, 5.41) is 3.32. The van der Waals surface area contributed by atoms with Gasteiger partial charge in [0.1, 0.15) is 12.6 Å². The van der Waals surface area contributed by atoms with Crippen molar-refractivity contribution in [3.05, 3.63) is 93.5 Å². The number of hydrogen-bond acceptors (Lipinski definition) is 4. The molecule has 0 fully saturated rings. The summed E-state index contributed by atoms with van der Waals surface area (Å²) < 4.78 is 69.5. The molecule has 1 atom stereocenters. The molecule has 0 unspecified atom stereocenters. The maximum absolute atomic E-state index is 14.1. The van der Waals surface area contributed by atoms with E-state index in [1.54, 1.807) is 52.8 Å². The Morgan fingerprint density at radius 2 is 1.57 bits per heavy atom. The van der Waals surface area contributed by atoms with Crippen LogP contribution in [0.1, 0.15) is 50.8 Å². The maximum atomic E-state index is 14.1. The molecule has 238 valence electrons. The Morgan fingerprint density at radius 1 is 0.932 bits per heavy atom. The minimum Gasteiger partial charge on any atom is -0.350 e. The molecular weight excluding hydrogens is 638 g/mol. The molecule has 7 nitrogen and oxygen atoms in total. The van der Waals surface area contributed by atoms with Gasteiger partial charge in [0.05, 0.1) is 26.2 Å². The maximum Gasteiger partial charge on any atom is 0.416 e. The molecule has 13 heteroatoms. The van der Waals surface area contributed by atoms with E-state index < -0.39 is 51.7 Å². The van der Waals surface area contributed by atoms with Crippen LogP contribution in [0.5, 0.6) is 0 Å². The van der Waals surface area contributed by atoms with E-state index in [0.29, 0.717) is 15.9 Å². The zero-order valence-electron chi connectivity index (χ0n) is 24.9. The monoisotopic (exact) mass is 671 g/mol. The Balaban J connectivity index is 2.15. The number of nitrogens with one attached hydrogen (secondary N) is 1. The lowest BCUT2D eigenvalue weighted by atomic mass is 10.1. The third-order valence-corrected chi connectivity index (χ3v) is 9.10. The second-order valence-electron chi connectivity index (χ2n) is 11.3. The van der Waals surface area contributed by atoms with E-state index in [1.807, 2.05) is 0 Å². The first-order valence-electron chi connectivity index (χ1n) is 13.7. The molecule has 3 rings (SSSR count). The summed E-state index contributed by atoms with van der Waals surface area (Å²) in [6, 6.07) is 13.0. The number of hydrogen-bond donors (Lipinski definition) is 1. The van der Waals surface area contributed by atoms with Crippen molar-refractivity contribution in [3.63, 3.8) is 0 Å². The topological polar surface area (TPSA) is 86.8 Å². The third kappa shape index (κ3) is 8.89. The van der Waals surface area contributed by atoms with Crippen molar-refractivity contribution in [2.24, 2.45) is 0 Å². The summed E-state index contributed by atoms with van der Waals surface area (Å²) in [6.45, 7) is 7.70. The van der Waals surface area contributed by atoms with E-state index in [4.69, 9.17) is 23.2 Å². The molecule has 3 aromatic rings. The van der Waals surface area contributed by atoms with Gasteiger partial charge in [-0.1, -0.05) is 60.0 Å². The van der Waals surface area contributed by atoms with E-state index in [-0.39, 0.29) is 33.6 Å². The molecule has 0 saturated carbocycles. The quantitative estimate of drug-likeness (QED) is 0.246. The lowest BCUT2D eigenvalue weighted by molar-refractivity contribution is -0.141. The summed E-state index contributed by atoms with van der Waals surface area (Å²) in [5.41, 5.74) is -0.844. The lowest BCUT2D eigenvalue weighted by Crippen LogP contribution is -2.55. The van der Waals surface area contributed by atoms with Crippen LogP contribution in [0, 0.1) is 6.92 Å². The Labute approximate surface area is 266 Å². The van der Waals surface area contributed by atoms with Crippen molar-refractivity contribution < 1.29 is 31.2 Å². The van der Waals surface area contributed by atoms with Crippen LogP contribution in [-0.2, 0) is 32.3 Å². The van der Waals surface area contributed by atoms with Gasteiger partial charge in [-0.25, -0.2) is 8.42 Å². The number of anilines is 1. The lowest BCUT2D eigenvalue weighted by Gasteiger charge is -2.35. The molecule has 0 aliphatic heterocycles. The number of alkyl halides is 3. The van der Waals surface area contributed by atoms with E-state index in [1.165, 1.54) is 35.2 Å². The van der Waals surface area contributed by atoms with Gasteiger partial charge in [-0.3, -0.25) is 13.9 Å². The Bertz CT molecular complexity index is 1610. The van der Waals surface area contributed by atoms with Crippen LogP contribution in [0.15, 0.2) is 71.6 Å². The molecule has 0 aliphatic carbocycles. The predicted molar refractivity (Wildman–Crippen MR) is 166 cm³/mol. The van der Waals surface area contributed by atoms with Gasteiger partial charge in [-0.2, -0.15) is 13.2 Å². The van der Waals surface area contributed by atoms with Crippen LogP contribution in [-0.4, -0.2) is 43.3 Å². The SMILES string of the molecule is CC[C@H](C(=O)NC(C)(C)C)N(Cc1ccc(Cl)c(Cl)c1)C(=O)CN(c1cccc(C(F)(F)F)c1)S(=O)(=O)c1ccc(C)cc1. The molecule has 0 bridgehead atoms. The summed E-state index contributed by atoms with van der Waals surface area (Å²) in [5.74, 6) is -1.31. The van der Waals surface area contributed by atoms with Gasteiger partial charge in [0.25, 0.3) is 10.0 Å². The zero-order valence-corrected chi connectivity index (χ0v) is 27.2. The van der Waals surface area contributed by atoms with Crippen LogP contribution >= 0.6 is 23.2 Å². The number of sulfonamides is 1. The van der Waals surface area contributed by atoms with Crippen LogP contribution in [0.25, 0.3) is 0 Å². The molecule has 0 heterocycles. The van der Waals surface area contributed by atoms with Gasteiger partial charge in [-0.15, -0.1) is 0 Å². The normalized spacial score (nSPS) is 12.9. The molecular formula is C31H34Cl2F3N3O4S. The van der Waals surface area contributed by atoms with Crippen LogP contribution < -0.4 is 9.62 Å². The zero-order chi connectivity index (χ0) is 33.0. The standard InChI is InChI=1S/C31H34Cl2F3N3O4S/c1-6-27(29(41)37-30(3,4)5)38(18-21-12-15-25(32)26(33)16-21)28(40)19-39(23-9-7-8-22(17-23)31(34,35)36)44(42,43)24-13-10-20(2)11-14-24/h7-17,27H,6,18-19H2,1-5H3,(H,37,41)/t27-/m1/s1. The third-order valence-electron chi connectivity index (χ3n) is 6.57. The summed E-state index contributed by atoms with van der Waals surface area (Å²) in [4.78, 5) is 28.5. The molecule has 0 saturated heterocycles. The minimum atomic E-state index is -4.77. The summed E-state index contributed by atoms with van der Waals surface area (Å²) in [7, 11) is -4.55. The second-order valence-corrected chi connectivity index (χ2v) is 14.0. The average molecular weight is 673 g/mol. The molecule has 1 N–H and O–H groups in total. The van der Waals surface area contributed by atoms with Gasteiger partial charge in [0.2, 0.25) is 11.8 Å². The number of benzene rings is 3. The van der Waals surface area contributed by atoms with Gasteiger partial charge < -0.3 is 10.2 Å². The average Bonchev–Trinajstić information content (AvgIpc) is 2.92. The fourth-order valence-electron chi connectivity index (χ4n) is 4.41. The highest BCUT2D eigenvalue weighted by molar-refractivity contribution is 7.92. The van der Waals surface area contributed by atoms with E-state index in [0.717, 1.165) is 17.7 Å². The van der Waals surface area contributed by atoms with Gasteiger partial charge in [-0.05, 0) is 82.1 Å². The minimum absolute atomic E-state index is 0.156. The van der Waals surface area contributed by atoms with Crippen LogP contribution in [0.4, 0.5) is 18.9 Å². The highest BCUT2D eigenvalue weighted by atomic mass is 35.5. The molecule has 0 spiro atoms. The van der Waals surface area contributed by atoms with Crippen molar-refractivity contribution in [3.8, 4) is 0 Å². The molecule has 2 amide bonds. The summed E-state index contributed by atoms with van der Waals surface area (Å²) >= 11 is 12.3. The first-order valence-corrected chi connectivity index (χ1v) is 15.8.